The minimum absolute atomic E-state index is 0.134. The number of ether oxygens (including phenoxy) is 2. The lowest BCUT2D eigenvalue weighted by Crippen LogP contribution is -2.20. The van der Waals surface area contributed by atoms with E-state index >= 15 is 0 Å². The third-order valence-corrected chi connectivity index (χ3v) is 3.93. The van der Waals surface area contributed by atoms with Crippen molar-refractivity contribution in [3.05, 3.63) is 72.2 Å². The number of carbonyl (C=O) groups is 2. The number of nitrogens with one attached hydrogen (secondary N) is 2. The zero-order chi connectivity index (χ0) is 19.9. The van der Waals surface area contributed by atoms with E-state index in [2.05, 4.69) is 10.6 Å². The summed E-state index contributed by atoms with van der Waals surface area (Å²) in [6, 6.07) is 15.6. The zero-order valence-corrected chi connectivity index (χ0v) is 15.5. The number of methoxy groups -OCH3 is 1. The molecule has 7 heteroatoms. The SMILES string of the molecule is COc1ccc(NC(=O)COc2ccccc2C)cc1NC(=O)c1ccco1. The molecule has 0 saturated carbocycles. The van der Waals surface area contributed by atoms with Gasteiger partial charge in [-0.15, -0.1) is 0 Å². The summed E-state index contributed by atoms with van der Waals surface area (Å²) in [6.07, 6.45) is 1.41. The molecule has 7 nitrogen and oxygen atoms in total. The number of benzene rings is 2. The van der Waals surface area contributed by atoms with Gasteiger partial charge in [0.2, 0.25) is 0 Å². The van der Waals surface area contributed by atoms with Crippen LogP contribution in [0.4, 0.5) is 11.4 Å². The Hall–Kier alpha value is -3.74. The van der Waals surface area contributed by atoms with Crippen LogP contribution < -0.4 is 20.1 Å². The summed E-state index contributed by atoms with van der Waals surface area (Å²) in [5.41, 5.74) is 1.85. The smallest absolute Gasteiger partial charge is 0.291 e. The van der Waals surface area contributed by atoms with E-state index in [0.29, 0.717) is 22.9 Å². The zero-order valence-electron chi connectivity index (χ0n) is 15.5. The number of amides is 2. The number of hydrogen-bond acceptors (Lipinski definition) is 5. The average Bonchev–Trinajstić information content (AvgIpc) is 3.23. The van der Waals surface area contributed by atoms with Crippen LogP contribution in [0.5, 0.6) is 11.5 Å². The van der Waals surface area contributed by atoms with Crippen molar-refractivity contribution in [2.45, 2.75) is 6.92 Å². The molecule has 0 saturated heterocycles. The molecule has 0 radical (unpaired) electrons. The maximum Gasteiger partial charge on any atom is 0.291 e. The van der Waals surface area contributed by atoms with Crippen LogP contribution in [-0.2, 0) is 4.79 Å². The van der Waals surface area contributed by atoms with Crippen molar-refractivity contribution in [3.63, 3.8) is 0 Å². The van der Waals surface area contributed by atoms with Crippen molar-refractivity contribution in [1.29, 1.82) is 0 Å². The van der Waals surface area contributed by atoms with Crippen LogP contribution in [-0.4, -0.2) is 25.5 Å². The first-order valence-corrected chi connectivity index (χ1v) is 8.58. The maximum absolute atomic E-state index is 12.2. The highest BCUT2D eigenvalue weighted by Crippen LogP contribution is 2.28. The van der Waals surface area contributed by atoms with E-state index < -0.39 is 5.91 Å². The van der Waals surface area contributed by atoms with Gasteiger partial charge >= 0.3 is 0 Å². The topological polar surface area (TPSA) is 89.8 Å². The van der Waals surface area contributed by atoms with Crippen molar-refractivity contribution in [2.75, 3.05) is 24.4 Å². The number of hydrogen-bond donors (Lipinski definition) is 2. The summed E-state index contributed by atoms with van der Waals surface area (Å²) in [5, 5.41) is 5.44. The molecule has 0 spiro atoms. The largest absolute Gasteiger partial charge is 0.495 e. The first-order chi connectivity index (χ1) is 13.6. The standard InChI is InChI=1S/C21H20N2O5/c1-14-6-3-4-7-17(14)28-13-20(24)22-15-9-10-18(26-2)16(12-15)23-21(25)19-8-5-11-27-19/h3-12H,13H2,1-2H3,(H,22,24)(H,23,25). The number of carbonyl (C=O) groups excluding carboxylic acids is 2. The Bertz CT molecular complexity index is 967. The monoisotopic (exact) mass is 380 g/mol. The van der Waals surface area contributed by atoms with Crippen LogP contribution in [0.1, 0.15) is 16.1 Å². The van der Waals surface area contributed by atoms with Crippen LogP contribution in [0.25, 0.3) is 0 Å². The Kier molecular flexibility index (Phi) is 5.96. The molecule has 3 aromatic rings. The summed E-state index contributed by atoms with van der Waals surface area (Å²) in [7, 11) is 1.49. The predicted molar refractivity (Wildman–Crippen MR) is 105 cm³/mol. The van der Waals surface area contributed by atoms with Gasteiger partial charge in [0.25, 0.3) is 11.8 Å². The molecular weight excluding hydrogens is 360 g/mol. The second-order valence-corrected chi connectivity index (χ2v) is 5.95. The van der Waals surface area contributed by atoms with Gasteiger partial charge in [0.15, 0.2) is 12.4 Å². The molecule has 144 valence electrons. The highest BCUT2D eigenvalue weighted by atomic mass is 16.5. The van der Waals surface area contributed by atoms with Gasteiger partial charge in [0.05, 0.1) is 19.1 Å². The molecule has 1 aromatic heterocycles. The van der Waals surface area contributed by atoms with Gasteiger partial charge < -0.3 is 24.5 Å². The van der Waals surface area contributed by atoms with Crippen molar-refractivity contribution in [3.8, 4) is 11.5 Å². The van der Waals surface area contributed by atoms with Gasteiger partial charge in [-0.1, -0.05) is 18.2 Å². The van der Waals surface area contributed by atoms with E-state index in [1.807, 2.05) is 25.1 Å². The highest BCUT2D eigenvalue weighted by Gasteiger charge is 2.13. The normalized spacial score (nSPS) is 10.2. The molecule has 0 atom stereocenters. The lowest BCUT2D eigenvalue weighted by atomic mass is 10.2. The Balaban J connectivity index is 1.66. The van der Waals surface area contributed by atoms with Gasteiger partial charge in [0, 0.05) is 5.69 Å². The van der Waals surface area contributed by atoms with E-state index in [1.165, 1.54) is 13.4 Å². The number of aryl methyl sites for hydroxylation is 1. The first kappa shape index (κ1) is 19.0. The first-order valence-electron chi connectivity index (χ1n) is 8.58. The molecule has 0 fully saturated rings. The van der Waals surface area contributed by atoms with E-state index in [9.17, 15) is 9.59 Å². The molecule has 0 aliphatic carbocycles. The van der Waals surface area contributed by atoms with Gasteiger partial charge in [-0.05, 0) is 48.9 Å². The summed E-state index contributed by atoms with van der Waals surface area (Å²) >= 11 is 0. The third kappa shape index (κ3) is 4.70. The fourth-order valence-corrected chi connectivity index (χ4v) is 2.53. The highest BCUT2D eigenvalue weighted by molar-refractivity contribution is 6.03. The quantitative estimate of drug-likeness (QED) is 0.649. The van der Waals surface area contributed by atoms with E-state index in [0.717, 1.165) is 5.56 Å². The minimum atomic E-state index is -0.422. The minimum Gasteiger partial charge on any atom is -0.495 e. The van der Waals surface area contributed by atoms with Gasteiger partial charge in [-0.3, -0.25) is 9.59 Å². The number of anilines is 2. The molecule has 3 rings (SSSR count). The van der Waals surface area contributed by atoms with Crippen LogP contribution in [0, 0.1) is 6.92 Å². The summed E-state index contributed by atoms with van der Waals surface area (Å²) in [6.45, 7) is 1.77. The van der Waals surface area contributed by atoms with Crippen molar-refractivity contribution in [2.24, 2.45) is 0 Å². The fraction of sp³-hybridized carbons (Fsp3) is 0.143. The fourth-order valence-electron chi connectivity index (χ4n) is 2.53. The molecule has 0 aliphatic heterocycles. The predicted octanol–water partition coefficient (Wildman–Crippen LogP) is 3.87. The van der Waals surface area contributed by atoms with Crippen LogP contribution in [0.2, 0.25) is 0 Å². The lowest BCUT2D eigenvalue weighted by Gasteiger charge is -2.13. The Morgan fingerprint density at radius 3 is 2.54 bits per heavy atom. The number of para-hydroxylation sites is 1. The number of rotatable bonds is 7. The Morgan fingerprint density at radius 1 is 1.00 bits per heavy atom. The molecule has 2 N–H and O–H groups in total. The molecule has 0 aliphatic rings. The summed E-state index contributed by atoms with van der Waals surface area (Å²) in [4.78, 5) is 24.4. The third-order valence-electron chi connectivity index (χ3n) is 3.93. The van der Waals surface area contributed by atoms with Crippen molar-refractivity contribution < 1.29 is 23.5 Å². The molecule has 0 unspecified atom stereocenters. The molecule has 2 aromatic carbocycles. The van der Waals surface area contributed by atoms with Crippen molar-refractivity contribution >= 4 is 23.2 Å². The lowest BCUT2D eigenvalue weighted by molar-refractivity contribution is -0.118. The summed E-state index contributed by atoms with van der Waals surface area (Å²) in [5.74, 6) is 0.530. The van der Waals surface area contributed by atoms with Gasteiger partial charge in [-0.2, -0.15) is 0 Å². The van der Waals surface area contributed by atoms with E-state index in [-0.39, 0.29) is 18.3 Å². The van der Waals surface area contributed by atoms with Crippen LogP contribution >= 0.6 is 0 Å². The van der Waals surface area contributed by atoms with Crippen molar-refractivity contribution in [1.82, 2.24) is 0 Å². The van der Waals surface area contributed by atoms with Gasteiger partial charge in [-0.25, -0.2) is 0 Å². The second-order valence-electron chi connectivity index (χ2n) is 5.95. The Morgan fingerprint density at radius 2 is 1.82 bits per heavy atom. The molecule has 2 amide bonds. The maximum atomic E-state index is 12.2. The van der Waals surface area contributed by atoms with Gasteiger partial charge in [0.1, 0.15) is 11.5 Å². The molecular formula is C21H20N2O5. The molecule has 0 bridgehead atoms. The second kappa shape index (κ2) is 8.77. The van der Waals surface area contributed by atoms with E-state index in [4.69, 9.17) is 13.9 Å². The van der Waals surface area contributed by atoms with Crippen LogP contribution in [0.15, 0.2) is 65.3 Å². The Labute approximate surface area is 162 Å². The van der Waals surface area contributed by atoms with Crippen LogP contribution in [0.3, 0.4) is 0 Å². The summed E-state index contributed by atoms with van der Waals surface area (Å²) < 4.78 is 15.9. The molecule has 1 heterocycles. The van der Waals surface area contributed by atoms with E-state index in [1.54, 1.807) is 36.4 Å². The average molecular weight is 380 g/mol. The number of furan rings is 1. The molecule has 28 heavy (non-hydrogen) atoms.